The Balaban J connectivity index is 1.47. The molecule has 1 aliphatic heterocycles. The van der Waals surface area contributed by atoms with Gasteiger partial charge in [0.2, 0.25) is 0 Å². The molecule has 2 aromatic heterocycles. The van der Waals surface area contributed by atoms with Crippen LogP contribution in [0.1, 0.15) is 41.4 Å². The molecule has 148 valence electrons. The number of carbonyl (C=O) groups excluding carboxylic acids is 2. The monoisotopic (exact) mass is 408 g/mol. The van der Waals surface area contributed by atoms with Crippen LogP contribution >= 0.6 is 11.3 Å². The number of benzene rings is 1. The molecule has 0 bridgehead atoms. The van der Waals surface area contributed by atoms with Gasteiger partial charge >= 0.3 is 6.03 Å². The number of hydrogen-bond acceptors (Lipinski definition) is 5. The molecule has 1 fully saturated rings. The molecule has 0 spiro atoms. The highest BCUT2D eigenvalue weighted by atomic mass is 32.1. The lowest BCUT2D eigenvalue weighted by Crippen LogP contribution is -2.41. The first-order chi connectivity index (χ1) is 13.9. The van der Waals surface area contributed by atoms with Crippen molar-refractivity contribution < 1.29 is 9.59 Å². The van der Waals surface area contributed by atoms with Gasteiger partial charge in [0, 0.05) is 17.1 Å². The van der Waals surface area contributed by atoms with Crippen molar-refractivity contribution in [2.24, 2.45) is 0 Å². The van der Waals surface area contributed by atoms with Crippen molar-refractivity contribution in [2.75, 3.05) is 0 Å². The summed E-state index contributed by atoms with van der Waals surface area (Å²) in [6.07, 6.45) is 3.18. The molecule has 1 unspecified atom stereocenters. The van der Waals surface area contributed by atoms with Crippen LogP contribution in [0.15, 0.2) is 34.4 Å². The molecule has 8 heteroatoms. The number of amides is 3. The minimum atomic E-state index is -1.12. The zero-order valence-corrected chi connectivity index (χ0v) is 17.0. The number of urea groups is 1. The lowest BCUT2D eigenvalue weighted by atomic mass is 9.89. The van der Waals surface area contributed by atoms with Gasteiger partial charge in [0.15, 0.2) is 4.96 Å². The quantitative estimate of drug-likeness (QED) is 0.675. The van der Waals surface area contributed by atoms with Crippen molar-refractivity contribution in [3.63, 3.8) is 0 Å². The third-order valence-corrected chi connectivity index (χ3v) is 6.84. The predicted octanol–water partition coefficient (Wildman–Crippen LogP) is 2.52. The summed E-state index contributed by atoms with van der Waals surface area (Å²) >= 11 is 1.36. The highest BCUT2D eigenvalue weighted by Gasteiger charge is 2.49. The van der Waals surface area contributed by atoms with E-state index in [0.717, 1.165) is 35.4 Å². The zero-order chi connectivity index (χ0) is 20.3. The van der Waals surface area contributed by atoms with E-state index in [4.69, 9.17) is 0 Å². The first-order valence-electron chi connectivity index (χ1n) is 9.60. The van der Waals surface area contributed by atoms with Crippen LogP contribution < -0.4 is 10.9 Å². The smallest absolute Gasteiger partial charge is 0.319 e. The van der Waals surface area contributed by atoms with Gasteiger partial charge in [-0.15, -0.1) is 11.3 Å². The summed E-state index contributed by atoms with van der Waals surface area (Å²) in [7, 11) is 0. The van der Waals surface area contributed by atoms with Crippen molar-refractivity contribution >= 4 is 28.2 Å². The minimum Gasteiger partial charge on any atom is -0.319 e. The van der Waals surface area contributed by atoms with Crippen LogP contribution in [0.5, 0.6) is 0 Å². The molecule has 29 heavy (non-hydrogen) atoms. The maximum Gasteiger partial charge on any atom is 0.325 e. The molecule has 2 aliphatic rings. The van der Waals surface area contributed by atoms with Crippen molar-refractivity contribution in [1.82, 2.24) is 19.6 Å². The van der Waals surface area contributed by atoms with E-state index < -0.39 is 11.6 Å². The molecule has 3 aromatic rings. The van der Waals surface area contributed by atoms with E-state index in [1.165, 1.54) is 32.9 Å². The van der Waals surface area contributed by atoms with Crippen molar-refractivity contribution in [1.29, 1.82) is 0 Å². The first kappa shape index (κ1) is 18.1. The van der Waals surface area contributed by atoms with Gasteiger partial charge in [0.25, 0.3) is 11.5 Å². The van der Waals surface area contributed by atoms with Gasteiger partial charge in [-0.1, -0.05) is 18.2 Å². The van der Waals surface area contributed by atoms with E-state index in [1.807, 2.05) is 24.4 Å². The number of nitrogens with one attached hydrogen (secondary N) is 1. The fourth-order valence-corrected chi connectivity index (χ4v) is 5.15. The Kier molecular flexibility index (Phi) is 3.89. The summed E-state index contributed by atoms with van der Waals surface area (Å²) in [5.41, 5.74) is 3.24. The second-order valence-corrected chi connectivity index (χ2v) is 8.70. The molecule has 0 radical (unpaired) electrons. The highest BCUT2D eigenvalue weighted by Crippen LogP contribution is 2.33. The van der Waals surface area contributed by atoms with E-state index in [1.54, 1.807) is 6.92 Å². The number of carbonyl (C=O) groups is 2. The molecule has 3 heterocycles. The van der Waals surface area contributed by atoms with Gasteiger partial charge < -0.3 is 5.32 Å². The lowest BCUT2D eigenvalue weighted by molar-refractivity contribution is -0.131. The number of aryl methyl sites for hydroxylation is 3. The number of fused-ring (bicyclic) bond motifs is 2. The van der Waals surface area contributed by atoms with Crippen molar-refractivity contribution in [3.05, 3.63) is 68.1 Å². The van der Waals surface area contributed by atoms with Gasteiger partial charge in [-0.3, -0.25) is 18.9 Å². The van der Waals surface area contributed by atoms with E-state index in [2.05, 4.69) is 16.4 Å². The number of hydrogen-bond donors (Lipinski definition) is 1. The molecular weight excluding hydrogens is 388 g/mol. The molecular formula is C21H20N4O3S. The molecule has 5 rings (SSSR count). The molecule has 0 saturated carbocycles. The second-order valence-electron chi connectivity index (χ2n) is 7.86. The molecule has 1 N–H and O–H groups in total. The molecule has 7 nitrogen and oxygen atoms in total. The Labute approximate surface area is 171 Å². The maximum atomic E-state index is 13.2. The number of thiazole rings is 1. The Bertz CT molecular complexity index is 1240. The number of aromatic nitrogens is 2. The van der Waals surface area contributed by atoms with Gasteiger partial charge in [-0.05, 0) is 49.8 Å². The van der Waals surface area contributed by atoms with E-state index in [9.17, 15) is 14.4 Å². The molecule has 1 aliphatic carbocycles. The summed E-state index contributed by atoms with van der Waals surface area (Å²) in [5.74, 6) is -0.329. The maximum absolute atomic E-state index is 13.2. The largest absolute Gasteiger partial charge is 0.325 e. The Morgan fingerprint density at radius 3 is 2.79 bits per heavy atom. The Hall–Kier alpha value is -3.00. The van der Waals surface area contributed by atoms with Crippen LogP contribution in [-0.2, 0) is 29.7 Å². The summed E-state index contributed by atoms with van der Waals surface area (Å²) in [6, 6.07) is 6.94. The summed E-state index contributed by atoms with van der Waals surface area (Å²) in [4.78, 5) is 44.4. The van der Waals surface area contributed by atoms with Crippen molar-refractivity contribution in [3.8, 4) is 0 Å². The van der Waals surface area contributed by atoms with Gasteiger partial charge in [-0.2, -0.15) is 0 Å². The standard InChI is InChI=1S/C21H20N4O3S/c1-12-11-29-20-22-16(9-17(26)25(12)20)10-24-18(27)21(2,23-19(24)28)15-7-6-13-4-3-5-14(13)8-15/h6-9,11H,3-5,10H2,1-2H3,(H,23,28). The van der Waals surface area contributed by atoms with Crippen LogP contribution in [0.3, 0.4) is 0 Å². The fraction of sp³-hybridized carbons (Fsp3) is 0.333. The highest BCUT2D eigenvalue weighted by molar-refractivity contribution is 7.15. The van der Waals surface area contributed by atoms with E-state index in [0.29, 0.717) is 10.7 Å². The van der Waals surface area contributed by atoms with Crippen LogP contribution in [0.25, 0.3) is 4.96 Å². The summed E-state index contributed by atoms with van der Waals surface area (Å²) in [5, 5.41) is 4.70. The topological polar surface area (TPSA) is 83.8 Å². The Morgan fingerprint density at radius 1 is 1.17 bits per heavy atom. The third-order valence-electron chi connectivity index (χ3n) is 5.90. The fourth-order valence-electron chi connectivity index (χ4n) is 4.26. The van der Waals surface area contributed by atoms with Gasteiger partial charge in [0.1, 0.15) is 5.54 Å². The first-order valence-corrected chi connectivity index (χ1v) is 10.5. The van der Waals surface area contributed by atoms with Crippen LogP contribution in [0, 0.1) is 6.92 Å². The number of imide groups is 1. The Morgan fingerprint density at radius 2 is 1.97 bits per heavy atom. The molecule has 3 amide bonds. The van der Waals surface area contributed by atoms with Gasteiger partial charge in [0.05, 0.1) is 12.2 Å². The zero-order valence-electron chi connectivity index (χ0n) is 16.2. The summed E-state index contributed by atoms with van der Waals surface area (Å²) in [6.45, 7) is 3.54. The molecule has 1 aromatic carbocycles. The average molecular weight is 408 g/mol. The normalized spacial score (nSPS) is 21.1. The van der Waals surface area contributed by atoms with E-state index >= 15 is 0 Å². The predicted molar refractivity (Wildman–Crippen MR) is 109 cm³/mol. The average Bonchev–Trinajstić information content (AvgIpc) is 3.36. The van der Waals surface area contributed by atoms with Crippen LogP contribution in [0.4, 0.5) is 4.79 Å². The van der Waals surface area contributed by atoms with E-state index in [-0.39, 0.29) is 18.0 Å². The minimum absolute atomic E-state index is 0.0338. The third kappa shape index (κ3) is 2.70. The lowest BCUT2D eigenvalue weighted by Gasteiger charge is -2.23. The number of nitrogens with zero attached hydrogens (tertiary/aromatic N) is 3. The molecule has 1 atom stereocenters. The summed E-state index contributed by atoms with van der Waals surface area (Å²) < 4.78 is 1.52. The van der Waals surface area contributed by atoms with Crippen LogP contribution in [0.2, 0.25) is 0 Å². The van der Waals surface area contributed by atoms with Crippen LogP contribution in [-0.4, -0.2) is 26.2 Å². The SMILES string of the molecule is Cc1csc2nc(CN3C(=O)NC(C)(c4ccc5c(c4)CCC5)C3=O)cc(=O)n12. The second kappa shape index (κ2) is 6.25. The number of rotatable bonds is 3. The van der Waals surface area contributed by atoms with Gasteiger partial charge in [-0.25, -0.2) is 9.78 Å². The van der Waals surface area contributed by atoms with Crippen molar-refractivity contribution in [2.45, 2.75) is 45.2 Å². The molecule has 1 saturated heterocycles.